The number of hydrogen-bond acceptors (Lipinski definition) is 7. The molecule has 1 saturated heterocycles. The molecule has 3 aromatic rings. The van der Waals surface area contributed by atoms with E-state index in [0.717, 1.165) is 36.1 Å². The van der Waals surface area contributed by atoms with Crippen molar-refractivity contribution in [3.05, 3.63) is 54.2 Å². The number of aromatic nitrogens is 3. The summed E-state index contributed by atoms with van der Waals surface area (Å²) >= 11 is 1.37. The molecule has 170 valence electrons. The van der Waals surface area contributed by atoms with Crippen molar-refractivity contribution in [1.29, 1.82) is 0 Å². The fourth-order valence-electron chi connectivity index (χ4n) is 3.98. The van der Waals surface area contributed by atoms with Crippen molar-refractivity contribution in [1.82, 2.24) is 25.0 Å². The van der Waals surface area contributed by atoms with Gasteiger partial charge in [0.15, 0.2) is 5.16 Å². The zero-order valence-electron chi connectivity index (χ0n) is 18.5. The summed E-state index contributed by atoms with van der Waals surface area (Å²) in [6.07, 6.45) is 5.32. The highest BCUT2D eigenvalue weighted by molar-refractivity contribution is 7.99. The molecule has 0 spiro atoms. The van der Waals surface area contributed by atoms with Crippen molar-refractivity contribution in [3.63, 3.8) is 0 Å². The third-order valence-corrected chi connectivity index (χ3v) is 6.58. The predicted octanol–water partition coefficient (Wildman–Crippen LogP) is 3.61. The van der Waals surface area contributed by atoms with Gasteiger partial charge in [-0.05, 0) is 69.3 Å². The summed E-state index contributed by atoms with van der Waals surface area (Å²) in [6, 6.07) is 11.6. The van der Waals surface area contributed by atoms with E-state index < -0.39 is 0 Å². The molecule has 1 aliphatic rings. The molecule has 1 atom stereocenters. The van der Waals surface area contributed by atoms with E-state index in [1.807, 2.05) is 47.9 Å². The number of thioether (sulfide) groups is 1. The van der Waals surface area contributed by atoms with Crippen LogP contribution in [0.1, 0.15) is 36.9 Å². The van der Waals surface area contributed by atoms with Crippen LogP contribution in [-0.2, 0) is 4.79 Å². The third-order valence-electron chi connectivity index (χ3n) is 5.65. The first-order valence-corrected chi connectivity index (χ1v) is 11.9. The largest absolute Gasteiger partial charge is 0.497 e. The van der Waals surface area contributed by atoms with E-state index in [0.29, 0.717) is 11.7 Å². The van der Waals surface area contributed by atoms with E-state index in [2.05, 4.69) is 20.4 Å². The van der Waals surface area contributed by atoms with Crippen LogP contribution in [0.4, 0.5) is 0 Å². The molecule has 4 rings (SSSR count). The maximum Gasteiger partial charge on any atom is 0.230 e. The number of nitrogens with one attached hydrogen (secondary N) is 1. The molecule has 0 radical (unpaired) electrons. The van der Waals surface area contributed by atoms with E-state index >= 15 is 0 Å². The van der Waals surface area contributed by atoms with E-state index in [1.165, 1.54) is 31.0 Å². The van der Waals surface area contributed by atoms with Crippen molar-refractivity contribution in [3.8, 4) is 11.4 Å². The molecule has 0 aliphatic carbocycles. The fraction of sp³-hybridized carbons (Fsp3) is 0.435. The number of benzene rings is 1. The smallest absolute Gasteiger partial charge is 0.230 e. The van der Waals surface area contributed by atoms with Gasteiger partial charge in [0.05, 0.1) is 25.2 Å². The first-order chi connectivity index (χ1) is 15.7. The summed E-state index contributed by atoms with van der Waals surface area (Å²) in [5, 5.41) is 12.2. The summed E-state index contributed by atoms with van der Waals surface area (Å²) in [5.74, 6) is 2.67. The number of piperidine rings is 1. The summed E-state index contributed by atoms with van der Waals surface area (Å²) in [5.41, 5.74) is 0.930. The normalized spacial score (nSPS) is 15.4. The highest BCUT2D eigenvalue weighted by Gasteiger charge is 2.25. The Hall–Kier alpha value is -2.78. The maximum atomic E-state index is 12.7. The second-order valence-electron chi connectivity index (χ2n) is 7.78. The van der Waals surface area contributed by atoms with Crippen LogP contribution in [0.3, 0.4) is 0 Å². The molecule has 3 heterocycles. The zero-order chi connectivity index (χ0) is 22.3. The number of amides is 1. The Morgan fingerprint density at radius 1 is 1.19 bits per heavy atom. The van der Waals surface area contributed by atoms with Gasteiger partial charge in [0, 0.05) is 12.2 Å². The third kappa shape index (κ3) is 5.34. The lowest BCUT2D eigenvalue weighted by atomic mass is 10.1. The minimum Gasteiger partial charge on any atom is -0.497 e. The number of nitrogens with zero attached hydrogens (tertiary/aromatic N) is 4. The monoisotopic (exact) mass is 455 g/mol. The Labute approximate surface area is 192 Å². The number of carbonyl (C=O) groups is 1. The van der Waals surface area contributed by atoms with Gasteiger partial charge in [0.2, 0.25) is 5.91 Å². The van der Waals surface area contributed by atoms with Crippen LogP contribution in [0.15, 0.2) is 52.2 Å². The number of furan rings is 1. The first kappa shape index (κ1) is 22.4. The Bertz CT molecular complexity index is 997. The molecule has 2 aromatic heterocycles. The molecule has 1 aliphatic heterocycles. The first-order valence-electron chi connectivity index (χ1n) is 10.9. The Balaban J connectivity index is 1.36. The topological polar surface area (TPSA) is 85.4 Å². The maximum absolute atomic E-state index is 12.7. The van der Waals surface area contributed by atoms with Crippen molar-refractivity contribution >= 4 is 17.7 Å². The molecule has 8 nitrogen and oxygen atoms in total. The van der Waals surface area contributed by atoms with Gasteiger partial charge in [-0.3, -0.25) is 14.3 Å². The van der Waals surface area contributed by atoms with E-state index in [4.69, 9.17) is 9.15 Å². The number of hydrogen-bond donors (Lipinski definition) is 1. The highest BCUT2D eigenvalue weighted by Crippen LogP contribution is 2.25. The Morgan fingerprint density at radius 2 is 1.97 bits per heavy atom. The molecule has 32 heavy (non-hydrogen) atoms. The van der Waals surface area contributed by atoms with Crippen LogP contribution in [0.2, 0.25) is 0 Å². The SMILES string of the molecule is COc1ccc(-n2c(C)nnc2SCC(=O)NCC(c2ccco2)N2CCCCC2)cc1. The molecule has 0 bridgehead atoms. The van der Waals surface area contributed by atoms with Crippen LogP contribution in [0.25, 0.3) is 5.69 Å². The number of aryl methyl sites for hydroxylation is 1. The van der Waals surface area contributed by atoms with Gasteiger partial charge in [-0.25, -0.2) is 0 Å². The van der Waals surface area contributed by atoms with Crippen LogP contribution in [0, 0.1) is 6.92 Å². The van der Waals surface area contributed by atoms with Gasteiger partial charge in [0.1, 0.15) is 17.3 Å². The van der Waals surface area contributed by atoms with E-state index in [-0.39, 0.29) is 17.7 Å². The molecular formula is C23H29N5O3S. The lowest BCUT2D eigenvalue weighted by molar-refractivity contribution is -0.118. The Morgan fingerprint density at radius 3 is 2.66 bits per heavy atom. The van der Waals surface area contributed by atoms with Gasteiger partial charge < -0.3 is 14.5 Å². The summed E-state index contributed by atoms with van der Waals surface area (Å²) in [6.45, 7) is 4.48. The molecule has 0 saturated carbocycles. The van der Waals surface area contributed by atoms with Crippen molar-refractivity contribution in [2.75, 3.05) is 32.5 Å². The summed E-state index contributed by atoms with van der Waals surface area (Å²) in [7, 11) is 1.64. The zero-order valence-corrected chi connectivity index (χ0v) is 19.3. The minimum absolute atomic E-state index is 0.0366. The molecule has 1 fully saturated rings. The number of rotatable bonds is 9. The number of methoxy groups -OCH3 is 1. The second kappa shape index (κ2) is 10.7. The number of likely N-dealkylation sites (tertiary alicyclic amines) is 1. The standard InChI is InChI=1S/C23H29N5O3S/c1-17-25-26-23(28(17)18-8-10-19(30-2)11-9-18)32-16-22(29)24-15-20(21-7-6-14-31-21)27-12-4-3-5-13-27/h6-11,14,20H,3-5,12-13,15-16H2,1-2H3,(H,24,29). The molecule has 1 aromatic carbocycles. The van der Waals surface area contributed by atoms with Gasteiger partial charge in [0.25, 0.3) is 0 Å². The molecule has 1 unspecified atom stereocenters. The molecular weight excluding hydrogens is 426 g/mol. The lowest BCUT2D eigenvalue weighted by Crippen LogP contribution is -2.40. The summed E-state index contributed by atoms with van der Waals surface area (Å²) in [4.78, 5) is 15.1. The van der Waals surface area contributed by atoms with Crippen molar-refractivity contribution in [2.45, 2.75) is 37.4 Å². The second-order valence-corrected chi connectivity index (χ2v) is 8.73. The Kier molecular flexibility index (Phi) is 7.49. The van der Waals surface area contributed by atoms with Gasteiger partial charge in [-0.15, -0.1) is 10.2 Å². The van der Waals surface area contributed by atoms with Crippen LogP contribution < -0.4 is 10.1 Å². The molecule has 1 amide bonds. The van der Waals surface area contributed by atoms with Crippen molar-refractivity contribution < 1.29 is 13.9 Å². The predicted molar refractivity (Wildman–Crippen MR) is 123 cm³/mol. The van der Waals surface area contributed by atoms with Gasteiger partial charge >= 0.3 is 0 Å². The number of carbonyl (C=O) groups excluding carboxylic acids is 1. The minimum atomic E-state index is -0.0366. The van der Waals surface area contributed by atoms with Crippen LogP contribution in [0.5, 0.6) is 5.75 Å². The molecule has 1 N–H and O–H groups in total. The fourth-order valence-corrected chi connectivity index (χ4v) is 4.80. The number of ether oxygens (including phenoxy) is 1. The molecule has 9 heteroatoms. The van der Waals surface area contributed by atoms with Crippen LogP contribution >= 0.6 is 11.8 Å². The quantitative estimate of drug-likeness (QED) is 0.493. The van der Waals surface area contributed by atoms with Gasteiger partial charge in [-0.1, -0.05) is 18.2 Å². The van der Waals surface area contributed by atoms with E-state index in [9.17, 15) is 4.79 Å². The van der Waals surface area contributed by atoms with Crippen LogP contribution in [-0.4, -0.2) is 58.1 Å². The van der Waals surface area contributed by atoms with Gasteiger partial charge in [-0.2, -0.15) is 0 Å². The highest BCUT2D eigenvalue weighted by atomic mass is 32.2. The lowest BCUT2D eigenvalue weighted by Gasteiger charge is -2.33. The average molecular weight is 456 g/mol. The van der Waals surface area contributed by atoms with E-state index in [1.54, 1.807) is 13.4 Å². The summed E-state index contributed by atoms with van der Waals surface area (Å²) < 4.78 is 12.8. The average Bonchev–Trinajstić information content (AvgIpc) is 3.49. The van der Waals surface area contributed by atoms with Crippen molar-refractivity contribution in [2.24, 2.45) is 0 Å².